The summed E-state index contributed by atoms with van der Waals surface area (Å²) in [5, 5.41) is 3.80. The maximum atomic E-state index is 3.80. The van der Waals surface area contributed by atoms with E-state index in [2.05, 4.69) is 44.3 Å². The molecule has 1 fully saturated rings. The van der Waals surface area contributed by atoms with E-state index in [-0.39, 0.29) is 5.41 Å². The van der Waals surface area contributed by atoms with E-state index in [1.165, 1.54) is 50.6 Å². The van der Waals surface area contributed by atoms with Crippen molar-refractivity contribution < 1.29 is 0 Å². The van der Waals surface area contributed by atoms with Gasteiger partial charge in [0, 0.05) is 6.04 Å². The van der Waals surface area contributed by atoms with E-state index < -0.39 is 0 Å². The average Bonchev–Trinajstić information content (AvgIpc) is 3.21. The summed E-state index contributed by atoms with van der Waals surface area (Å²) in [7, 11) is 0. The van der Waals surface area contributed by atoms with Gasteiger partial charge in [0.05, 0.1) is 0 Å². The van der Waals surface area contributed by atoms with Crippen LogP contribution in [0.4, 0.5) is 0 Å². The molecule has 0 aromatic heterocycles. The molecule has 0 heterocycles. The van der Waals surface area contributed by atoms with Crippen LogP contribution in [0, 0.1) is 5.92 Å². The van der Waals surface area contributed by atoms with Gasteiger partial charge >= 0.3 is 0 Å². The standard InChI is InChI=1S/C19H29N/c1-19(2,3)17-9-6-15-7-10-18(11-8-16(15)12-17)20-13-14-4-5-14/h6,9,12,14,18,20H,4-5,7-8,10-11,13H2,1-3H3. The normalized spacial score (nSPS) is 23.2. The first-order chi connectivity index (χ1) is 9.52. The number of nitrogens with one attached hydrogen (secondary N) is 1. The van der Waals surface area contributed by atoms with Gasteiger partial charge in [0.15, 0.2) is 0 Å². The molecule has 0 saturated heterocycles. The fraction of sp³-hybridized carbons (Fsp3) is 0.684. The number of hydrogen-bond acceptors (Lipinski definition) is 1. The molecule has 110 valence electrons. The first kappa shape index (κ1) is 14.1. The van der Waals surface area contributed by atoms with Gasteiger partial charge in [-0.25, -0.2) is 0 Å². The van der Waals surface area contributed by atoms with Gasteiger partial charge in [0.1, 0.15) is 0 Å². The van der Waals surface area contributed by atoms with Gasteiger partial charge < -0.3 is 5.32 Å². The van der Waals surface area contributed by atoms with E-state index >= 15 is 0 Å². The van der Waals surface area contributed by atoms with Gasteiger partial charge in [-0.1, -0.05) is 39.0 Å². The average molecular weight is 271 g/mol. The number of fused-ring (bicyclic) bond motifs is 1. The summed E-state index contributed by atoms with van der Waals surface area (Å²) < 4.78 is 0. The third-order valence-corrected chi connectivity index (χ3v) is 4.99. The number of hydrogen-bond donors (Lipinski definition) is 1. The van der Waals surface area contributed by atoms with Crippen molar-refractivity contribution in [1.29, 1.82) is 0 Å². The lowest BCUT2D eigenvalue weighted by atomic mass is 9.84. The molecule has 1 aromatic rings. The number of rotatable bonds is 3. The summed E-state index contributed by atoms with van der Waals surface area (Å²) in [4.78, 5) is 0. The van der Waals surface area contributed by atoms with Gasteiger partial charge in [0.2, 0.25) is 0 Å². The highest BCUT2D eigenvalue weighted by molar-refractivity contribution is 5.36. The Balaban J connectivity index is 1.66. The fourth-order valence-corrected chi connectivity index (χ4v) is 3.23. The van der Waals surface area contributed by atoms with Gasteiger partial charge in [-0.2, -0.15) is 0 Å². The molecular weight excluding hydrogens is 242 g/mol. The molecule has 1 aromatic carbocycles. The lowest BCUT2D eigenvalue weighted by Crippen LogP contribution is -2.31. The topological polar surface area (TPSA) is 12.0 Å². The van der Waals surface area contributed by atoms with Crippen molar-refractivity contribution in [3.05, 3.63) is 34.9 Å². The lowest BCUT2D eigenvalue weighted by Gasteiger charge is -2.21. The molecule has 1 heteroatoms. The Labute approximate surface area is 124 Å². The summed E-state index contributed by atoms with van der Waals surface area (Å²) in [6, 6.07) is 7.94. The Kier molecular flexibility index (Phi) is 3.90. The van der Waals surface area contributed by atoms with Crippen molar-refractivity contribution in [1.82, 2.24) is 5.32 Å². The molecular formula is C19H29N. The second-order valence-corrected chi connectivity index (χ2v) is 7.86. The third-order valence-electron chi connectivity index (χ3n) is 4.99. The van der Waals surface area contributed by atoms with Gasteiger partial charge in [-0.05, 0) is 73.1 Å². The van der Waals surface area contributed by atoms with Crippen LogP contribution in [0.15, 0.2) is 18.2 Å². The molecule has 0 radical (unpaired) electrons. The molecule has 0 bridgehead atoms. The quantitative estimate of drug-likeness (QED) is 0.811. The smallest absolute Gasteiger partial charge is 0.00735 e. The van der Waals surface area contributed by atoms with Crippen molar-refractivity contribution in [2.75, 3.05) is 6.54 Å². The zero-order chi connectivity index (χ0) is 14.2. The second kappa shape index (κ2) is 5.52. The van der Waals surface area contributed by atoms with Gasteiger partial charge in [-0.3, -0.25) is 0 Å². The molecule has 1 atom stereocenters. The van der Waals surface area contributed by atoms with Crippen molar-refractivity contribution in [3.8, 4) is 0 Å². The van der Waals surface area contributed by atoms with E-state index in [4.69, 9.17) is 0 Å². The molecule has 20 heavy (non-hydrogen) atoms. The van der Waals surface area contributed by atoms with E-state index in [1.54, 1.807) is 11.1 Å². The molecule has 0 amide bonds. The molecule has 2 aliphatic carbocycles. The largest absolute Gasteiger partial charge is 0.314 e. The summed E-state index contributed by atoms with van der Waals surface area (Å²) in [5.74, 6) is 0.994. The van der Waals surface area contributed by atoms with Crippen molar-refractivity contribution in [2.24, 2.45) is 5.92 Å². The van der Waals surface area contributed by atoms with Crippen LogP contribution in [0.3, 0.4) is 0 Å². The van der Waals surface area contributed by atoms with E-state index in [1.807, 2.05) is 0 Å². The van der Waals surface area contributed by atoms with Crippen molar-refractivity contribution in [2.45, 2.75) is 70.8 Å². The van der Waals surface area contributed by atoms with Crippen molar-refractivity contribution >= 4 is 0 Å². The maximum absolute atomic E-state index is 3.80. The van der Waals surface area contributed by atoms with Gasteiger partial charge in [-0.15, -0.1) is 0 Å². The highest BCUT2D eigenvalue weighted by atomic mass is 14.9. The van der Waals surface area contributed by atoms with Gasteiger partial charge in [0.25, 0.3) is 0 Å². The van der Waals surface area contributed by atoms with Crippen LogP contribution in [-0.4, -0.2) is 12.6 Å². The molecule has 2 aliphatic rings. The Hall–Kier alpha value is -0.820. The molecule has 0 spiro atoms. The summed E-state index contributed by atoms with van der Waals surface area (Å²) in [5.41, 5.74) is 4.95. The first-order valence-corrected chi connectivity index (χ1v) is 8.38. The first-order valence-electron chi connectivity index (χ1n) is 8.38. The highest BCUT2D eigenvalue weighted by Crippen LogP contribution is 2.30. The molecule has 1 saturated carbocycles. The summed E-state index contributed by atoms with van der Waals surface area (Å²) in [6.07, 6.45) is 8.04. The monoisotopic (exact) mass is 271 g/mol. The summed E-state index contributed by atoms with van der Waals surface area (Å²) in [6.45, 7) is 8.19. The third kappa shape index (κ3) is 3.44. The molecule has 3 rings (SSSR count). The molecule has 1 N–H and O–H groups in total. The van der Waals surface area contributed by atoms with Crippen LogP contribution >= 0.6 is 0 Å². The van der Waals surface area contributed by atoms with Crippen LogP contribution in [0.25, 0.3) is 0 Å². The second-order valence-electron chi connectivity index (χ2n) is 7.86. The minimum Gasteiger partial charge on any atom is -0.314 e. The lowest BCUT2D eigenvalue weighted by molar-refractivity contribution is 0.453. The van der Waals surface area contributed by atoms with Crippen molar-refractivity contribution in [3.63, 3.8) is 0 Å². The number of benzene rings is 1. The predicted octanol–water partition coefficient (Wildman–Crippen LogP) is 4.23. The van der Waals surface area contributed by atoms with E-state index in [0.717, 1.165) is 12.0 Å². The Bertz CT molecular complexity index is 465. The SMILES string of the molecule is CC(C)(C)c1ccc2c(c1)CCC(NCC1CC1)CC2. The van der Waals surface area contributed by atoms with Crippen LogP contribution in [0.5, 0.6) is 0 Å². The van der Waals surface area contributed by atoms with Crippen LogP contribution in [-0.2, 0) is 18.3 Å². The van der Waals surface area contributed by atoms with Crippen LogP contribution in [0.1, 0.15) is 63.1 Å². The van der Waals surface area contributed by atoms with E-state index in [0.29, 0.717) is 0 Å². The van der Waals surface area contributed by atoms with Crippen LogP contribution in [0.2, 0.25) is 0 Å². The zero-order valence-electron chi connectivity index (χ0n) is 13.3. The maximum Gasteiger partial charge on any atom is 0.00735 e. The Morgan fingerprint density at radius 3 is 2.35 bits per heavy atom. The molecule has 1 nitrogen and oxygen atoms in total. The zero-order valence-corrected chi connectivity index (χ0v) is 13.3. The Morgan fingerprint density at radius 1 is 1.00 bits per heavy atom. The minimum atomic E-state index is 0.269. The highest BCUT2D eigenvalue weighted by Gasteiger charge is 2.23. The Morgan fingerprint density at radius 2 is 1.70 bits per heavy atom. The summed E-state index contributed by atoms with van der Waals surface area (Å²) >= 11 is 0. The molecule has 1 unspecified atom stereocenters. The van der Waals surface area contributed by atoms with E-state index in [9.17, 15) is 0 Å². The predicted molar refractivity (Wildman–Crippen MR) is 86.3 cm³/mol. The number of aryl methyl sites for hydroxylation is 2. The fourth-order valence-electron chi connectivity index (χ4n) is 3.23. The minimum absolute atomic E-state index is 0.269. The van der Waals surface area contributed by atoms with Crippen LogP contribution < -0.4 is 5.32 Å². The molecule has 0 aliphatic heterocycles.